The van der Waals surface area contributed by atoms with Crippen LogP contribution in [0.25, 0.3) is 0 Å². The third kappa shape index (κ3) is 6.83. The Morgan fingerprint density at radius 3 is 2.40 bits per heavy atom. The van der Waals surface area contributed by atoms with Crippen LogP contribution >= 0.6 is 0 Å². The number of allylic oxidation sites excluding steroid dienone is 3. The summed E-state index contributed by atoms with van der Waals surface area (Å²) < 4.78 is 37.9. The number of carbonyl (C=O) groups is 1. The number of amides is 1. The predicted octanol–water partition coefficient (Wildman–Crippen LogP) is 2.33. The second kappa shape index (κ2) is 9.18. The Balaban J connectivity index is 0. The number of hydrogen-bond donors (Lipinski definition) is 2. The topological polar surface area (TPSA) is 66.4 Å². The summed E-state index contributed by atoms with van der Waals surface area (Å²) in [6, 6.07) is -0.340. The third-order valence-corrected chi connectivity index (χ3v) is 2.39. The van der Waals surface area contributed by atoms with Gasteiger partial charge in [-0.25, -0.2) is 0 Å². The summed E-state index contributed by atoms with van der Waals surface area (Å²) in [5, 5.41) is 9.21. The second-order valence-corrected chi connectivity index (χ2v) is 3.88. The van der Waals surface area contributed by atoms with E-state index in [0.29, 0.717) is 12.8 Å². The van der Waals surface area contributed by atoms with Gasteiger partial charge in [-0.2, -0.15) is 19.6 Å². The van der Waals surface area contributed by atoms with Crippen molar-refractivity contribution in [3.8, 4) is 0 Å². The summed E-state index contributed by atoms with van der Waals surface area (Å²) >= 11 is 0. The van der Waals surface area contributed by atoms with Gasteiger partial charge in [-0.05, 0) is 37.8 Å². The van der Waals surface area contributed by atoms with E-state index in [2.05, 4.69) is 5.32 Å². The fourth-order valence-electron chi connectivity index (χ4n) is 1.70. The number of nitrogens with one attached hydrogen (secondary N) is 1. The van der Waals surface area contributed by atoms with Crippen LogP contribution in [0.3, 0.4) is 0 Å². The Hall–Kier alpha value is -2.79. The largest absolute Gasteiger partial charge is 0.527 e. The molecule has 0 spiro atoms. The van der Waals surface area contributed by atoms with Gasteiger partial charge in [-0.15, -0.1) is 0 Å². The standard InChI is InChI=1S/C11H13F3NO.CH2O2.Fm/c1-8(15-7-16)6-9-4-2-3-5-10(9)11(12,13)14;2-1-3;/h4-5,8H,2-3,6H2,1H3,(H,15,16);1H,(H,2,3);/q-1;;. The second-order valence-electron chi connectivity index (χ2n) is 3.88. The molecular formula is C12H15F3FmNO3-. The molecule has 8 heteroatoms. The Morgan fingerprint density at radius 2 is 1.95 bits per heavy atom. The van der Waals surface area contributed by atoms with E-state index >= 15 is 0 Å². The van der Waals surface area contributed by atoms with Crippen molar-refractivity contribution < 1.29 is 27.9 Å². The zero-order chi connectivity index (χ0) is 14.9. The fourth-order valence-corrected chi connectivity index (χ4v) is 1.70. The zero-order valence-corrected chi connectivity index (χ0v) is 13.0. The molecule has 0 bridgehead atoms. The van der Waals surface area contributed by atoms with Crippen LogP contribution in [0.4, 0.5) is 13.2 Å². The minimum absolute atomic E-state index is 0. The molecule has 0 aromatic carbocycles. The molecule has 120 valence electrons. The quantitative estimate of drug-likeness (QED) is 0.330. The van der Waals surface area contributed by atoms with Crippen LogP contribution in [0.2, 0.25) is 0 Å². The fraction of sp³-hybridized carbons (Fsp3) is 0.500. The number of rotatable bonds is 4. The van der Waals surface area contributed by atoms with Gasteiger partial charge in [0.1, 0.15) is 0 Å². The van der Waals surface area contributed by atoms with Gasteiger partial charge in [0.05, 0.1) is 5.57 Å². The van der Waals surface area contributed by atoms with Crippen molar-refractivity contribution in [1.29, 1.82) is 0 Å². The Labute approximate surface area is 109 Å². The van der Waals surface area contributed by atoms with Crippen LogP contribution in [-0.2, 0) is 9.59 Å². The summed E-state index contributed by atoms with van der Waals surface area (Å²) in [6.07, 6.45) is 1.19. The van der Waals surface area contributed by atoms with Gasteiger partial charge in [0, 0.05) is 0 Å². The molecule has 0 aliphatic heterocycles. The smallest absolute Gasteiger partial charge is 0.416 e. The van der Waals surface area contributed by atoms with Gasteiger partial charge in [-0.3, -0.25) is 4.79 Å². The summed E-state index contributed by atoms with van der Waals surface area (Å²) in [4.78, 5) is 18.4. The molecule has 0 radical (unpaired) electrons. The molecule has 1 aliphatic rings. The van der Waals surface area contributed by atoms with Crippen LogP contribution in [-0.4, -0.2) is 30.2 Å². The van der Waals surface area contributed by atoms with Crippen molar-refractivity contribution in [2.24, 2.45) is 0 Å². The average molecular weight is 535 g/mol. The van der Waals surface area contributed by atoms with E-state index < -0.39 is 11.7 Å². The van der Waals surface area contributed by atoms with Crippen LogP contribution in [0.15, 0.2) is 23.3 Å². The maximum absolute atomic E-state index is 12.6. The number of carbonyl (C=O) groups excluding carboxylic acids is 1. The molecule has 0 aromatic rings. The van der Waals surface area contributed by atoms with Gasteiger partial charge in [0.2, 0.25) is 0 Å². The van der Waals surface area contributed by atoms with E-state index in [-0.39, 0.29) is 24.5 Å². The van der Waals surface area contributed by atoms with Crippen molar-refractivity contribution >= 4 is 12.9 Å². The van der Waals surface area contributed by atoms with Crippen LogP contribution in [0.5, 0.6) is 0 Å². The van der Waals surface area contributed by atoms with Crippen LogP contribution < -0.4 is 5.32 Å². The zero-order valence-electron chi connectivity index (χ0n) is 10.6. The molecule has 0 heterocycles. The number of halogens is 3. The number of carboxylic acid groups (broad SMARTS) is 1. The first-order valence-corrected chi connectivity index (χ1v) is 5.54. The minimum Gasteiger partial charge on any atom is -0.527 e. The maximum Gasteiger partial charge on any atom is 0.416 e. The van der Waals surface area contributed by atoms with Crippen molar-refractivity contribution in [2.45, 2.75) is 38.4 Å². The van der Waals surface area contributed by atoms with Gasteiger partial charge in [-0.1, -0.05) is 12.2 Å². The first-order valence-electron chi connectivity index (χ1n) is 5.54. The summed E-state index contributed by atoms with van der Waals surface area (Å²) in [5.41, 5.74) is -0.313. The first kappa shape index (κ1) is 19.5. The number of alkyl halides is 3. The van der Waals surface area contributed by atoms with Gasteiger partial charge in [0.25, 0.3) is 6.47 Å². The molecule has 0 saturated carbocycles. The van der Waals surface area contributed by atoms with Crippen molar-refractivity contribution in [2.75, 3.05) is 0 Å². The molecule has 4 nitrogen and oxygen atoms in total. The van der Waals surface area contributed by atoms with E-state index in [9.17, 15) is 18.0 Å². The monoisotopic (exact) mass is 535 g/mol. The predicted molar refractivity (Wildman–Crippen MR) is 63.1 cm³/mol. The molecule has 1 amide bonds. The van der Waals surface area contributed by atoms with E-state index in [4.69, 9.17) is 9.90 Å². The maximum atomic E-state index is 12.6. The molecule has 1 rings (SSSR count). The summed E-state index contributed by atoms with van der Waals surface area (Å²) in [5.74, 6) is 0. The third-order valence-electron chi connectivity index (χ3n) is 2.39. The SMILES string of the molecule is CC(CC1=CCCC=C1C(F)(F)F)N[C-]=O.O=CO.[Fm]. The van der Waals surface area contributed by atoms with Gasteiger partial charge in [0.15, 0.2) is 0 Å². The Morgan fingerprint density at radius 1 is 1.45 bits per heavy atom. The first-order chi connectivity index (χ1) is 8.86. The van der Waals surface area contributed by atoms with Crippen LogP contribution in [0, 0.1) is 0 Å². The summed E-state index contributed by atoms with van der Waals surface area (Å²) in [6.45, 7) is 1.40. The van der Waals surface area contributed by atoms with Gasteiger partial charge >= 0.3 is 6.18 Å². The molecule has 1 atom stereocenters. The van der Waals surface area contributed by atoms with E-state index in [1.54, 1.807) is 13.0 Å². The minimum atomic E-state index is -4.31. The normalized spacial score (nSPS) is 15.4. The van der Waals surface area contributed by atoms with Crippen molar-refractivity contribution in [1.82, 2.24) is 5.32 Å². The molecule has 0 saturated heterocycles. The Kier molecular flexibility index (Phi) is 8.97. The van der Waals surface area contributed by atoms with E-state index in [1.807, 2.05) is 0 Å². The van der Waals surface area contributed by atoms with E-state index in [0.717, 1.165) is 0 Å². The van der Waals surface area contributed by atoms with Gasteiger partial charge < -0.3 is 15.2 Å². The molecule has 0 aromatic heterocycles. The molecular weight excluding hydrogens is 520 g/mol. The average Bonchev–Trinajstić information content (AvgIpc) is 2.29. The summed E-state index contributed by atoms with van der Waals surface area (Å²) in [7, 11) is 0. The molecule has 20 heavy (non-hydrogen) atoms. The molecule has 0 fully saturated rings. The number of hydrogen-bond acceptors (Lipinski definition) is 2. The van der Waals surface area contributed by atoms with Crippen LogP contribution in [0.1, 0.15) is 26.2 Å². The molecule has 1 unspecified atom stereocenters. The Bertz CT molecular complexity index is 367. The molecule has 1 aliphatic carbocycles. The van der Waals surface area contributed by atoms with Crippen molar-refractivity contribution in [3.63, 3.8) is 0 Å². The van der Waals surface area contributed by atoms with Crippen molar-refractivity contribution in [3.05, 3.63) is 23.3 Å². The molecule has 2 N–H and O–H groups in total. The van der Waals surface area contributed by atoms with E-state index in [1.165, 1.54) is 12.5 Å².